The van der Waals surface area contributed by atoms with E-state index >= 15 is 0 Å². The van der Waals surface area contributed by atoms with Crippen molar-refractivity contribution in [1.29, 1.82) is 0 Å². The van der Waals surface area contributed by atoms with Gasteiger partial charge in [-0.05, 0) is 39.8 Å². The lowest BCUT2D eigenvalue weighted by molar-refractivity contribution is 0.236. The topological polar surface area (TPSA) is 61.4 Å². The van der Waals surface area contributed by atoms with Crippen LogP contribution in [0.15, 0.2) is 23.2 Å². The molecule has 30 heavy (non-hydrogen) atoms. The van der Waals surface area contributed by atoms with Crippen molar-refractivity contribution in [2.45, 2.75) is 52.6 Å². The molecule has 0 radical (unpaired) electrons. The van der Waals surface area contributed by atoms with Gasteiger partial charge in [-0.2, -0.15) is 0 Å². The van der Waals surface area contributed by atoms with E-state index in [0.717, 1.165) is 75.3 Å². The molecule has 1 saturated heterocycles. The Balaban J connectivity index is 1.93. The van der Waals surface area contributed by atoms with Crippen LogP contribution in [0.4, 0.5) is 5.69 Å². The number of nitrogens with one attached hydrogen (secondary N) is 2. The number of anilines is 1. The molecule has 0 spiro atoms. The molecule has 170 valence electrons. The van der Waals surface area contributed by atoms with E-state index in [1.54, 1.807) is 14.2 Å². The van der Waals surface area contributed by atoms with E-state index in [1.807, 2.05) is 6.07 Å². The molecule has 1 fully saturated rings. The van der Waals surface area contributed by atoms with Gasteiger partial charge in [-0.15, -0.1) is 0 Å². The number of nitrogens with zero attached hydrogens (tertiary/aromatic N) is 3. The molecule has 1 aliphatic rings. The average Bonchev–Trinajstić information content (AvgIpc) is 2.78. The second-order valence-electron chi connectivity index (χ2n) is 7.77. The Morgan fingerprint density at radius 3 is 2.20 bits per heavy atom. The molecule has 0 aliphatic carbocycles. The van der Waals surface area contributed by atoms with Crippen molar-refractivity contribution in [3.05, 3.63) is 18.2 Å². The summed E-state index contributed by atoms with van der Waals surface area (Å²) in [5, 5.41) is 7.06. The maximum Gasteiger partial charge on any atom is 0.191 e. The summed E-state index contributed by atoms with van der Waals surface area (Å²) in [6.45, 7) is 14.6. The van der Waals surface area contributed by atoms with Crippen molar-refractivity contribution in [1.82, 2.24) is 15.5 Å². The monoisotopic (exact) mass is 419 g/mol. The number of benzene rings is 1. The van der Waals surface area contributed by atoms with Crippen molar-refractivity contribution in [3.8, 4) is 11.5 Å². The highest BCUT2D eigenvalue weighted by molar-refractivity contribution is 5.80. The van der Waals surface area contributed by atoms with Crippen LogP contribution in [-0.4, -0.2) is 76.4 Å². The summed E-state index contributed by atoms with van der Waals surface area (Å²) in [4.78, 5) is 9.69. The molecule has 1 aromatic rings. The van der Waals surface area contributed by atoms with Crippen molar-refractivity contribution in [3.63, 3.8) is 0 Å². The first-order valence-electron chi connectivity index (χ1n) is 11.3. The van der Waals surface area contributed by atoms with Gasteiger partial charge in [-0.1, -0.05) is 13.8 Å². The van der Waals surface area contributed by atoms with Gasteiger partial charge < -0.3 is 25.0 Å². The summed E-state index contributed by atoms with van der Waals surface area (Å²) in [5.74, 6) is 2.58. The van der Waals surface area contributed by atoms with Crippen LogP contribution in [0.1, 0.15) is 40.5 Å². The third kappa shape index (κ3) is 6.97. The summed E-state index contributed by atoms with van der Waals surface area (Å²) < 4.78 is 10.8. The molecule has 7 heteroatoms. The first-order chi connectivity index (χ1) is 14.5. The molecule has 0 aromatic heterocycles. The van der Waals surface area contributed by atoms with Crippen molar-refractivity contribution < 1.29 is 9.47 Å². The van der Waals surface area contributed by atoms with E-state index in [0.29, 0.717) is 12.1 Å². The van der Waals surface area contributed by atoms with Gasteiger partial charge >= 0.3 is 0 Å². The summed E-state index contributed by atoms with van der Waals surface area (Å²) in [6, 6.07) is 6.94. The maximum absolute atomic E-state index is 5.42. The molecular weight excluding hydrogens is 378 g/mol. The first-order valence-corrected chi connectivity index (χ1v) is 11.3. The van der Waals surface area contributed by atoms with Crippen LogP contribution in [-0.2, 0) is 0 Å². The van der Waals surface area contributed by atoms with Crippen LogP contribution in [0.3, 0.4) is 0 Å². The van der Waals surface area contributed by atoms with Crippen LogP contribution in [0, 0.1) is 0 Å². The summed E-state index contributed by atoms with van der Waals surface area (Å²) >= 11 is 0. The van der Waals surface area contributed by atoms with Gasteiger partial charge in [-0.3, -0.25) is 9.89 Å². The van der Waals surface area contributed by atoms with E-state index in [9.17, 15) is 0 Å². The minimum absolute atomic E-state index is 0.426. The van der Waals surface area contributed by atoms with Crippen molar-refractivity contribution in [2.24, 2.45) is 4.99 Å². The number of likely N-dealkylation sites (N-methyl/N-ethyl adjacent to an activating group) is 1. The fourth-order valence-electron chi connectivity index (χ4n) is 3.96. The second kappa shape index (κ2) is 12.5. The largest absolute Gasteiger partial charge is 0.497 e. The number of guanidine groups is 1. The Bertz CT molecular complexity index is 633. The fourth-order valence-corrected chi connectivity index (χ4v) is 3.96. The zero-order valence-corrected chi connectivity index (χ0v) is 19.7. The van der Waals surface area contributed by atoms with Crippen LogP contribution < -0.4 is 25.0 Å². The molecule has 0 amide bonds. The van der Waals surface area contributed by atoms with Gasteiger partial charge in [-0.25, -0.2) is 0 Å². The minimum atomic E-state index is 0.426. The molecule has 2 N–H and O–H groups in total. The number of piperidine rings is 1. The standard InChI is InChI=1S/C23H41N5O2/c1-7-24-23(25-17-18(4)27(8-2)9-3)26-19-10-12-28(13-11-19)20-14-21(29-5)16-22(15-20)30-6/h14-16,18-19H,7-13,17H2,1-6H3,(H2,24,25,26). The van der Waals surface area contributed by atoms with Gasteiger partial charge in [0.15, 0.2) is 5.96 Å². The van der Waals surface area contributed by atoms with Gasteiger partial charge in [0.05, 0.1) is 20.8 Å². The second-order valence-corrected chi connectivity index (χ2v) is 7.77. The Labute approximate surface area is 182 Å². The Morgan fingerprint density at radius 2 is 1.70 bits per heavy atom. The number of aliphatic imine (C=N–C) groups is 1. The van der Waals surface area contributed by atoms with Gasteiger partial charge in [0, 0.05) is 55.6 Å². The van der Waals surface area contributed by atoms with Crippen molar-refractivity contribution in [2.75, 3.05) is 58.4 Å². The summed E-state index contributed by atoms with van der Waals surface area (Å²) in [7, 11) is 3.38. The highest BCUT2D eigenvalue weighted by atomic mass is 16.5. The van der Waals surface area contributed by atoms with Crippen LogP contribution in [0.5, 0.6) is 11.5 Å². The number of hydrogen-bond donors (Lipinski definition) is 2. The zero-order chi connectivity index (χ0) is 21.9. The molecule has 1 aromatic carbocycles. The molecule has 1 unspecified atom stereocenters. The lowest BCUT2D eigenvalue weighted by atomic mass is 10.0. The van der Waals surface area contributed by atoms with E-state index in [2.05, 4.69) is 60.3 Å². The molecule has 1 aliphatic heterocycles. The number of hydrogen-bond acceptors (Lipinski definition) is 5. The van der Waals surface area contributed by atoms with Gasteiger partial charge in [0.1, 0.15) is 11.5 Å². The summed E-state index contributed by atoms with van der Waals surface area (Å²) in [5.41, 5.74) is 1.15. The Kier molecular flexibility index (Phi) is 10.1. The average molecular weight is 420 g/mol. The van der Waals surface area contributed by atoms with E-state index in [4.69, 9.17) is 14.5 Å². The molecule has 1 atom stereocenters. The quantitative estimate of drug-likeness (QED) is 0.449. The summed E-state index contributed by atoms with van der Waals surface area (Å²) in [6.07, 6.45) is 2.13. The molecular formula is C23H41N5O2. The number of rotatable bonds is 10. The SMILES string of the molecule is CCNC(=NCC(C)N(CC)CC)NC1CCN(c2cc(OC)cc(OC)c2)CC1. The predicted molar refractivity (Wildman–Crippen MR) is 126 cm³/mol. The van der Waals surface area contributed by atoms with Gasteiger partial charge in [0.25, 0.3) is 0 Å². The predicted octanol–water partition coefficient (Wildman–Crippen LogP) is 2.96. The number of methoxy groups -OCH3 is 2. The molecule has 7 nitrogen and oxygen atoms in total. The molecule has 2 rings (SSSR count). The molecule has 0 saturated carbocycles. The van der Waals surface area contributed by atoms with Crippen LogP contribution in [0.25, 0.3) is 0 Å². The highest BCUT2D eigenvalue weighted by Gasteiger charge is 2.21. The maximum atomic E-state index is 5.42. The molecule has 0 bridgehead atoms. The van der Waals surface area contributed by atoms with Gasteiger partial charge in [0.2, 0.25) is 0 Å². The smallest absolute Gasteiger partial charge is 0.191 e. The third-order valence-electron chi connectivity index (χ3n) is 5.83. The number of ether oxygens (including phenoxy) is 2. The van der Waals surface area contributed by atoms with E-state index in [1.165, 1.54) is 0 Å². The minimum Gasteiger partial charge on any atom is -0.497 e. The lowest BCUT2D eigenvalue weighted by Gasteiger charge is -2.35. The Hall–Kier alpha value is -2.15. The van der Waals surface area contributed by atoms with Crippen LogP contribution in [0.2, 0.25) is 0 Å². The molecule has 1 heterocycles. The van der Waals surface area contributed by atoms with E-state index < -0.39 is 0 Å². The normalized spacial score (nSPS) is 16.5. The fraction of sp³-hybridized carbons (Fsp3) is 0.696. The van der Waals surface area contributed by atoms with Crippen LogP contribution >= 0.6 is 0 Å². The zero-order valence-electron chi connectivity index (χ0n) is 19.7. The lowest BCUT2D eigenvalue weighted by Crippen LogP contribution is -2.49. The Morgan fingerprint density at radius 1 is 1.10 bits per heavy atom. The van der Waals surface area contributed by atoms with Crippen molar-refractivity contribution >= 4 is 11.6 Å². The highest BCUT2D eigenvalue weighted by Crippen LogP contribution is 2.30. The van der Waals surface area contributed by atoms with E-state index in [-0.39, 0.29) is 0 Å². The third-order valence-corrected chi connectivity index (χ3v) is 5.83. The first kappa shape index (κ1) is 24.1.